The van der Waals surface area contributed by atoms with Crippen molar-refractivity contribution < 1.29 is 13.8 Å². The lowest BCUT2D eigenvalue weighted by atomic mass is 9.87. The summed E-state index contributed by atoms with van der Waals surface area (Å²) >= 11 is 0. The maximum atomic E-state index is 6.08. The number of fused-ring (bicyclic) bond motifs is 1. The van der Waals surface area contributed by atoms with E-state index in [1.807, 2.05) is 37.3 Å². The van der Waals surface area contributed by atoms with E-state index in [1.165, 1.54) is 35.3 Å². The van der Waals surface area contributed by atoms with E-state index in [0.717, 1.165) is 16.8 Å². The van der Waals surface area contributed by atoms with Crippen molar-refractivity contribution in [2.24, 2.45) is 0 Å². The van der Waals surface area contributed by atoms with Crippen LogP contribution in [-0.2, 0) is 13.0 Å². The average Bonchev–Trinajstić information content (AvgIpc) is 3.40. The maximum absolute atomic E-state index is 6.08. The second-order valence-electron chi connectivity index (χ2n) is 8.00. The van der Waals surface area contributed by atoms with Gasteiger partial charge in [0.2, 0.25) is 0 Å². The Bertz CT molecular complexity index is 1150. The highest BCUT2D eigenvalue weighted by atomic mass is 16.5. The zero-order valence-electron chi connectivity index (χ0n) is 17.3. The van der Waals surface area contributed by atoms with E-state index in [2.05, 4.69) is 46.7 Å². The summed E-state index contributed by atoms with van der Waals surface area (Å²) in [4.78, 5) is 1.36. The van der Waals surface area contributed by atoms with Gasteiger partial charge in [0.15, 0.2) is 6.54 Å². The molecule has 0 bridgehead atoms. The molecule has 0 saturated carbocycles. The molecule has 2 aromatic heterocycles. The maximum Gasteiger partial charge on any atom is 0.271 e. The number of hydrogen-bond donors (Lipinski definition) is 1. The van der Waals surface area contributed by atoms with Crippen molar-refractivity contribution in [1.82, 2.24) is 15.4 Å². The Morgan fingerprint density at radius 1 is 1.03 bits per heavy atom. The number of aryl methyl sites for hydroxylation is 2. The summed E-state index contributed by atoms with van der Waals surface area (Å²) in [6.45, 7) is 2.55. The van der Waals surface area contributed by atoms with Gasteiger partial charge in [-0.25, -0.2) is 0 Å². The van der Waals surface area contributed by atoms with E-state index in [1.54, 1.807) is 0 Å². The molecule has 2 atom stereocenters. The van der Waals surface area contributed by atoms with Crippen LogP contribution in [0.4, 0.5) is 0 Å². The predicted octanol–water partition coefficient (Wildman–Crippen LogP) is 3.79. The standard InChI is InChI=1S/C24H24N4O2/c1-16-22(23(27-30-16)18-10-4-3-5-11-18)24-26-25-21(29-24)15-28(2)20-14-8-12-17-9-6-7-13-19(17)20/h3-7,9-11,13,20H,8,12,14-15H2,1-2H3/p+1/t20-/m1/s1. The first-order valence-corrected chi connectivity index (χ1v) is 10.5. The zero-order chi connectivity index (χ0) is 20.5. The van der Waals surface area contributed by atoms with E-state index in [9.17, 15) is 0 Å². The van der Waals surface area contributed by atoms with E-state index in [4.69, 9.17) is 8.94 Å². The van der Waals surface area contributed by atoms with Gasteiger partial charge in [0.25, 0.3) is 11.8 Å². The molecular weight excluding hydrogens is 376 g/mol. The smallest absolute Gasteiger partial charge is 0.271 e. The molecular formula is C24H25N4O2+. The molecule has 152 valence electrons. The Morgan fingerprint density at radius 2 is 1.83 bits per heavy atom. The molecule has 4 aromatic rings. The fourth-order valence-electron chi connectivity index (χ4n) is 4.47. The molecule has 6 nitrogen and oxygen atoms in total. The number of hydrogen-bond acceptors (Lipinski definition) is 5. The molecule has 1 aliphatic rings. The van der Waals surface area contributed by atoms with Gasteiger partial charge in [-0.15, -0.1) is 10.2 Å². The number of nitrogens with zero attached hydrogens (tertiary/aromatic N) is 3. The van der Waals surface area contributed by atoms with Crippen molar-refractivity contribution in [3.8, 4) is 22.7 Å². The van der Waals surface area contributed by atoms with Crippen LogP contribution in [0, 0.1) is 6.92 Å². The fourth-order valence-corrected chi connectivity index (χ4v) is 4.47. The third-order valence-electron chi connectivity index (χ3n) is 5.99. The first kappa shape index (κ1) is 18.8. The highest BCUT2D eigenvalue weighted by molar-refractivity contribution is 5.77. The Morgan fingerprint density at radius 3 is 2.70 bits per heavy atom. The second kappa shape index (κ2) is 7.88. The number of aromatic nitrogens is 3. The highest BCUT2D eigenvalue weighted by Gasteiger charge is 2.29. The van der Waals surface area contributed by atoms with Crippen LogP contribution in [0.2, 0.25) is 0 Å². The molecule has 0 spiro atoms. The summed E-state index contributed by atoms with van der Waals surface area (Å²) < 4.78 is 11.5. The number of nitrogens with one attached hydrogen (secondary N) is 1. The summed E-state index contributed by atoms with van der Waals surface area (Å²) in [5, 5.41) is 12.9. The van der Waals surface area contributed by atoms with Gasteiger partial charge >= 0.3 is 0 Å². The van der Waals surface area contributed by atoms with Crippen molar-refractivity contribution >= 4 is 0 Å². The van der Waals surface area contributed by atoms with Crippen LogP contribution >= 0.6 is 0 Å². The van der Waals surface area contributed by atoms with Crippen LogP contribution in [0.25, 0.3) is 22.7 Å². The molecule has 2 heterocycles. The van der Waals surface area contributed by atoms with Gasteiger partial charge in [0.05, 0.1) is 7.05 Å². The molecule has 0 radical (unpaired) electrons. The minimum absolute atomic E-state index is 0.447. The van der Waals surface area contributed by atoms with Crippen LogP contribution in [0.1, 0.15) is 41.7 Å². The normalized spacial score (nSPS) is 16.9. The van der Waals surface area contributed by atoms with Gasteiger partial charge in [-0.1, -0.05) is 59.8 Å². The van der Waals surface area contributed by atoms with Gasteiger partial charge in [-0.3, -0.25) is 0 Å². The third kappa shape index (κ3) is 3.44. The lowest BCUT2D eigenvalue weighted by molar-refractivity contribution is -0.928. The molecule has 5 rings (SSSR count). The lowest BCUT2D eigenvalue weighted by Crippen LogP contribution is -3.08. The first-order valence-electron chi connectivity index (χ1n) is 10.5. The quantitative estimate of drug-likeness (QED) is 0.551. The molecule has 30 heavy (non-hydrogen) atoms. The molecule has 2 aromatic carbocycles. The zero-order valence-corrected chi connectivity index (χ0v) is 17.3. The minimum Gasteiger partial charge on any atom is -0.415 e. The van der Waals surface area contributed by atoms with Crippen molar-refractivity contribution in [2.45, 2.75) is 38.8 Å². The minimum atomic E-state index is 0.447. The van der Waals surface area contributed by atoms with Crippen LogP contribution in [-0.4, -0.2) is 22.4 Å². The summed E-state index contributed by atoms with van der Waals surface area (Å²) in [6.07, 6.45) is 3.56. The predicted molar refractivity (Wildman–Crippen MR) is 113 cm³/mol. The molecule has 1 aliphatic carbocycles. The van der Waals surface area contributed by atoms with Crippen molar-refractivity contribution in [3.63, 3.8) is 0 Å². The molecule has 0 aliphatic heterocycles. The van der Waals surface area contributed by atoms with Gasteiger partial charge in [0, 0.05) is 17.5 Å². The summed E-state index contributed by atoms with van der Waals surface area (Å²) in [5.74, 6) is 1.76. The first-order chi connectivity index (χ1) is 14.7. The van der Waals surface area contributed by atoms with E-state index in [0.29, 0.717) is 30.1 Å². The Hall–Kier alpha value is -3.25. The van der Waals surface area contributed by atoms with Crippen LogP contribution in [0.3, 0.4) is 0 Å². The van der Waals surface area contributed by atoms with Gasteiger partial charge in [-0.05, 0) is 25.3 Å². The Balaban J connectivity index is 1.40. The monoisotopic (exact) mass is 401 g/mol. The summed E-state index contributed by atoms with van der Waals surface area (Å²) in [7, 11) is 2.21. The van der Waals surface area contributed by atoms with E-state index < -0.39 is 0 Å². The highest BCUT2D eigenvalue weighted by Crippen LogP contribution is 2.33. The number of quaternary nitrogens is 1. The molecule has 6 heteroatoms. The fraction of sp³-hybridized carbons (Fsp3) is 0.292. The molecule has 1 N–H and O–H groups in total. The molecule has 1 unspecified atom stereocenters. The third-order valence-corrected chi connectivity index (χ3v) is 5.99. The van der Waals surface area contributed by atoms with Crippen LogP contribution in [0.5, 0.6) is 0 Å². The molecule has 0 fully saturated rings. The number of benzene rings is 2. The van der Waals surface area contributed by atoms with Crippen molar-refractivity contribution in [3.05, 3.63) is 77.4 Å². The van der Waals surface area contributed by atoms with Crippen LogP contribution < -0.4 is 4.90 Å². The van der Waals surface area contributed by atoms with Gasteiger partial charge in [-0.2, -0.15) is 0 Å². The molecule has 0 amide bonds. The SMILES string of the molecule is Cc1onc(-c2ccccc2)c1-c1nnc(C[NH+](C)[C@@H]2CCCc3ccccc32)o1. The second-order valence-corrected chi connectivity index (χ2v) is 8.00. The summed E-state index contributed by atoms with van der Waals surface area (Å²) in [5.41, 5.74) is 5.37. The Kier molecular flexibility index (Phi) is 4.93. The Labute approximate surface area is 175 Å². The van der Waals surface area contributed by atoms with Crippen molar-refractivity contribution in [1.29, 1.82) is 0 Å². The van der Waals surface area contributed by atoms with Crippen LogP contribution in [0.15, 0.2) is 63.5 Å². The van der Waals surface area contributed by atoms with Gasteiger partial charge < -0.3 is 13.8 Å². The summed E-state index contributed by atoms with van der Waals surface area (Å²) in [6, 6.07) is 19.1. The van der Waals surface area contributed by atoms with Crippen molar-refractivity contribution in [2.75, 3.05) is 7.05 Å². The number of rotatable bonds is 5. The van der Waals surface area contributed by atoms with E-state index >= 15 is 0 Å². The lowest BCUT2D eigenvalue weighted by Gasteiger charge is -2.29. The largest absolute Gasteiger partial charge is 0.415 e. The van der Waals surface area contributed by atoms with E-state index in [-0.39, 0.29) is 0 Å². The average molecular weight is 401 g/mol. The molecule has 0 saturated heterocycles. The van der Waals surface area contributed by atoms with Gasteiger partial charge in [0.1, 0.15) is 23.1 Å². The topological polar surface area (TPSA) is 69.4 Å².